The van der Waals surface area contributed by atoms with Crippen molar-refractivity contribution < 1.29 is 13.2 Å². The largest absolute Gasteiger partial charge is 0.492 e. The van der Waals surface area contributed by atoms with Gasteiger partial charge in [-0.3, -0.25) is 0 Å². The maximum absolute atomic E-state index is 12.3. The number of benzene rings is 1. The van der Waals surface area contributed by atoms with Crippen LogP contribution < -0.4 is 10.5 Å². The summed E-state index contributed by atoms with van der Waals surface area (Å²) in [4.78, 5) is 0. The van der Waals surface area contributed by atoms with Crippen molar-refractivity contribution in [3.8, 4) is 5.75 Å². The van der Waals surface area contributed by atoms with E-state index in [2.05, 4.69) is 0 Å². The van der Waals surface area contributed by atoms with Crippen molar-refractivity contribution in [2.75, 3.05) is 18.9 Å². The van der Waals surface area contributed by atoms with Crippen LogP contribution in [0.1, 0.15) is 19.8 Å². The van der Waals surface area contributed by atoms with Gasteiger partial charge < -0.3 is 10.5 Å². The first kappa shape index (κ1) is 15.3. The van der Waals surface area contributed by atoms with Gasteiger partial charge in [-0.15, -0.1) is 0 Å². The topological polar surface area (TPSA) is 72.6 Å². The Bertz CT molecular complexity index is 518. The van der Waals surface area contributed by atoms with E-state index in [1.807, 2.05) is 37.3 Å². The molecule has 0 saturated carbocycles. The summed E-state index contributed by atoms with van der Waals surface area (Å²) in [5, 5.41) is 0. The number of para-hydroxylation sites is 1. The Labute approximate surface area is 120 Å². The summed E-state index contributed by atoms with van der Waals surface area (Å²) >= 11 is 0. The highest BCUT2D eigenvalue weighted by molar-refractivity contribution is 7.89. The number of piperidine rings is 1. The molecule has 2 rings (SSSR count). The number of nitrogens with two attached hydrogens (primary N) is 1. The minimum atomic E-state index is -3.27. The number of hydrogen-bond donors (Lipinski definition) is 1. The molecule has 1 heterocycles. The van der Waals surface area contributed by atoms with Gasteiger partial charge in [-0.25, -0.2) is 8.42 Å². The van der Waals surface area contributed by atoms with E-state index in [4.69, 9.17) is 10.5 Å². The van der Waals surface area contributed by atoms with E-state index in [9.17, 15) is 8.42 Å². The van der Waals surface area contributed by atoms with Crippen LogP contribution in [-0.2, 0) is 10.0 Å². The molecule has 1 aromatic rings. The van der Waals surface area contributed by atoms with E-state index in [1.54, 1.807) is 4.31 Å². The summed E-state index contributed by atoms with van der Waals surface area (Å²) in [6.45, 7) is 2.59. The van der Waals surface area contributed by atoms with Crippen LogP contribution in [0.4, 0.5) is 0 Å². The zero-order chi connectivity index (χ0) is 14.6. The van der Waals surface area contributed by atoms with E-state index >= 15 is 0 Å². The maximum atomic E-state index is 12.3. The van der Waals surface area contributed by atoms with Crippen molar-refractivity contribution in [2.24, 2.45) is 5.73 Å². The van der Waals surface area contributed by atoms with Crippen molar-refractivity contribution in [3.63, 3.8) is 0 Å². The summed E-state index contributed by atoms with van der Waals surface area (Å²) in [6, 6.07) is 9.32. The molecule has 2 atom stereocenters. The first-order valence-electron chi connectivity index (χ1n) is 6.92. The monoisotopic (exact) mass is 298 g/mol. The third-order valence-electron chi connectivity index (χ3n) is 3.57. The lowest BCUT2D eigenvalue weighted by Crippen LogP contribution is -2.49. The summed E-state index contributed by atoms with van der Waals surface area (Å²) in [6.07, 6.45) is 1.45. The Hall–Kier alpha value is -1.11. The van der Waals surface area contributed by atoms with Crippen molar-refractivity contribution in [1.29, 1.82) is 0 Å². The highest BCUT2D eigenvalue weighted by Crippen LogP contribution is 2.20. The standard InChI is InChI=1S/C14H22N2O3S/c1-12-11-13(15)7-8-16(12)20(17,18)10-9-19-14-5-3-2-4-6-14/h2-6,12-13H,7-11,15H2,1H3/t12-,13+/m1/s1. The zero-order valence-corrected chi connectivity index (χ0v) is 12.6. The van der Waals surface area contributed by atoms with Gasteiger partial charge in [-0.05, 0) is 31.9 Å². The van der Waals surface area contributed by atoms with Gasteiger partial charge in [-0.2, -0.15) is 4.31 Å². The zero-order valence-electron chi connectivity index (χ0n) is 11.7. The predicted octanol–water partition coefficient (Wildman–Crippen LogP) is 1.21. The molecule has 20 heavy (non-hydrogen) atoms. The molecule has 1 aromatic carbocycles. The molecule has 0 unspecified atom stereocenters. The van der Waals surface area contributed by atoms with Crippen LogP contribution in [0.2, 0.25) is 0 Å². The smallest absolute Gasteiger partial charge is 0.217 e. The minimum absolute atomic E-state index is 0.00146. The van der Waals surface area contributed by atoms with Gasteiger partial charge in [-0.1, -0.05) is 18.2 Å². The van der Waals surface area contributed by atoms with Crippen molar-refractivity contribution in [3.05, 3.63) is 30.3 Å². The SMILES string of the molecule is C[C@@H]1C[C@@H](N)CCN1S(=O)(=O)CCOc1ccccc1. The van der Waals surface area contributed by atoms with Crippen molar-refractivity contribution in [2.45, 2.75) is 31.8 Å². The fourth-order valence-corrected chi connectivity index (χ4v) is 4.05. The highest BCUT2D eigenvalue weighted by Gasteiger charge is 2.31. The second-order valence-electron chi connectivity index (χ2n) is 5.22. The average molecular weight is 298 g/mol. The van der Waals surface area contributed by atoms with Gasteiger partial charge in [0.2, 0.25) is 10.0 Å². The number of ether oxygens (including phenoxy) is 1. The third kappa shape index (κ3) is 3.94. The molecule has 1 aliphatic heterocycles. The molecule has 6 heteroatoms. The second-order valence-corrected chi connectivity index (χ2v) is 7.26. The molecule has 5 nitrogen and oxygen atoms in total. The van der Waals surface area contributed by atoms with Crippen LogP contribution in [0.3, 0.4) is 0 Å². The number of rotatable bonds is 5. The fraction of sp³-hybridized carbons (Fsp3) is 0.571. The number of sulfonamides is 1. The predicted molar refractivity (Wildman–Crippen MR) is 79.1 cm³/mol. The molecule has 0 aliphatic carbocycles. The molecular formula is C14H22N2O3S. The molecular weight excluding hydrogens is 276 g/mol. The Morgan fingerprint density at radius 2 is 2.05 bits per heavy atom. The molecule has 112 valence electrons. The van der Waals surface area contributed by atoms with E-state index in [1.165, 1.54) is 0 Å². The molecule has 0 spiro atoms. The van der Waals surface area contributed by atoms with Crippen LogP contribution in [-0.4, -0.2) is 43.7 Å². The Kier molecular flexibility index (Phi) is 5.01. The highest BCUT2D eigenvalue weighted by atomic mass is 32.2. The lowest BCUT2D eigenvalue weighted by molar-refractivity contribution is 0.244. The number of nitrogens with zero attached hydrogens (tertiary/aromatic N) is 1. The lowest BCUT2D eigenvalue weighted by Gasteiger charge is -2.35. The quantitative estimate of drug-likeness (QED) is 0.887. The van der Waals surface area contributed by atoms with Gasteiger partial charge in [0.05, 0.1) is 5.75 Å². The van der Waals surface area contributed by atoms with Gasteiger partial charge >= 0.3 is 0 Å². The van der Waals surface area contributed by atoms with Crippen molar-refractivity contribution >= 4 is 10.0 Å². The molecule has 1 aliphatic rings. The Balaban J connectivity index is 1.88. The van der Waals surface area contributed by atoms with Crippen LogP contribution in [0.15, 0.2) is 30.3 Å². The molecule has 0 aromatic heterocycles. The van der Waals surface area contributed by atoms with Crippen LogP contribution in [0.5, 0.6) is 5.75 Å². The first-order valence-corrected chi connectivity index (χ1v) is 8.53. The Morgan fingerprint density at radius 1 is 1.35 bits per heavy atom. The summed E-state index contributed by atoms with van der Waals surface area (Å²) < 4.78 is 31.6. The van der Waals surface area contributed by atoms with Crippen molar-refractivity contribution in [1.82, 2.24) is 4.31 Å². The first-order chi connectivity index (χ1) is 9.49. The fourth-order valence-electron chi connectivity index (χ4n) is 2.50. The average Bonchev–Trinajstić information content (AvgIpc) is 2.39. The second kappa shape index (κ2) is 6.56. The van der Waals surface area contributed by atoms with Crippen LogP contribution in [0, 0.1) is 0 Å². The van der Waals surface area contributed by atoms with Gasteiger partial charge in [0, 0.05) is 18.6 Å². The van der Waals surface area contributed by atoms with Crippen LogP contribution >= 0.6 is 0 Å². The van der Waals surface area contributed by atoms with E-state index in [-0.39, 0.29) is 24.4 Å². The molecule has 0 amide bonds. The summed E-state index contributed by atoms with van der Waals surface area (Å²) in [5.74, 6) is 0.693. The molecule has 0 radical (unpaired) electrons. The molecule has 0 bridgehead atoms. The van der Waals surface area contributed by atoms with Gasteiger partial charge in [0.15, 0.2) is 0 Å². The molecule has 1 saturated heterocycles. The van der Waals surface area contributed by atoms with E-state index < -0.39 is 10.0 Å². The lowest BCUT2D eigenvalue weighted by atomic mass is 10.0. The van der Waals surface area contributed by atoms with Crippen LogP contribution in [0.25, 0.3) is 0 Å². The summed E-state index contributed by atoms with van der Waals surface area (Å²) in [7, 11) is -3.27. The maximum Gasteiger partial charge on any atom is 0.217 e. The Morgan fingerprint density at radius 3 is 2.70 bits per heavy atom. The molecule has 1 fully saturated rings. The van der Waals surface area contributed by atoms with E-state index in [0.717, 1.165) is 12.8 Å². The normalized spacial score (nSPS) is 24.5. The summed E-state index contributed by atoms with van der Waals surface area (Å²) in [5.41, 5.74) is 5.86. The number of hydrogen-bond acceptors (Lipinski definition) is 4. The van der Waals surface area contributed by atoms with Gasteiger partial charge in [0.1, 0.15) is 12.4 Å². The minimum Gasteiger partial charge on any atom is -0.492 e. The van der Waals surface area contributed by atoms with E-state index in [0.29, 0.717) is 12.3 Å². The molecule has 2 N–H and O–H groups in total. The third-order valence-corrected chi connectivity index (χ3v) is 5.51. The van der Waals surface area contributed by atoms with Gasteiger partial charge in [0.25, 0.3) is 0 Å².